The summed E-state index contributed by atoms with van der Waals surface area (Å²) in [7, 11) is 0. The Morgan fingerprint density at radius 3 is 1.83 bits per heavy atom. The van der Waals surface area contributed by atoms with E-state index in [-0.39, 0.29) is 6.04 Å². The fourth-order valence-corrected chi connectivity index (χ4v) is 6.54. The van der Waals surface area contributed by atoms with E-state index in [1.54, 1.807) is 18.7 Å². The van der Waals surface area contributed by atoms with E-state index in [2.05, 4.69) is 34.9 Å². The van der Waals surface area contributed by atoms with E-state index in [1.807, 2.05) is 38.1 Å². The van der Waals surface area contributed by atoms with Gasteiger partial charge in [0.2, 0.25) is 0 Å². The Morgan fingerprint density at radius 2 is 1.33 bits per heavy atom. The molecule has 0 bridgehead atoms. The van der Waals surface area contributed by atoms with Crippen molar-refractivity contribution in [1.82, 2.24) is 20.0 Å². The van der Waals surface area contributed by atoms with Crippen molar-refractivity contribution in [2.45, 2.75) is 111 Å². The number of ether oxygens (including phenoxy) is 6. The third-order valence-corrected chi connectivity index (χ3v) is 9.58. The van der Waals surface area contributed by atoms with Gasteiger partial charge in [0.1, 0.15) is 18.1 Å². The maximum Gasteiger partial charge on any atom is 0.119 e. The average Bonchev–Trinajstić information content (AvgIpc) is 3.13. The highest BCUT2D eigenvalue weighted by atomic mass is 16.6. The van der Waals surface area contributed by atoms with Crippen LogP contribution >= 0.6 is 0 Å². The second kappa shape index (κ2) is 29.5. The van der Waals surface area contributed by atoms with Gasteiger partial charge in [0.15, 0.2) is 0 Å². The molecule has 12 nitrogen and oxygen atoms in total. The molecular formula is C42H74N6O6. The molecule has 1 aromatic carbocycles. The van der Waals surface area contributed by atoms with Gasteiger partial charge in [-0.15, -0.1) is 6.42 Å². The number of terminal acetylenes is 1. The van der Waals surface area contributed by atoms with E-state index < -0.39 is 0 Å². The molecule has 3 atom stereocenters. The Balaban J connectivity index is 0.000000495. The van der Waals surface area contributed by atoms with Crippen LogP contribution in [0.3, 0.4) is 0 Å². The van der Waals surface area contributed by atoms with Crippen molar-refractivity contribution >= 4 is 11.7 Å². The summed E-state index contributed by atoms with van der Waals surface area (Å²) in [6, 6.07) is 9.51. The van der Waals surface area contributed by atoms with E-state index in [0.29, 0.717) is 76.1 Å². The molecule has 3 N–H and O–H groups in total. The Kier molecular flexibility index (Phi) is 25.9. The Morgan fingerprint density at radius 1 is 0.815 bits per heavy atom. The van der Waals surface area contributed by atoms with Crippen LogP contribution in [0.2, 0.25) is 0 Å². The first-order valence-corrected chi connectivity index (χ1v) is 20.5. The number of nitrogens with zero attached hydrogens (tertiary/aromatic N) is 3. The summed E-state index contributed by atoms with van der Waals surface area (Å²) < 4.78 is 33.5. The van der Waals surface area contributed by atoms with Gasteiger partial charge in [0.05, 0.1) is 70.6 Å². The van der Waals surface area contributed by atoms with Gasteiger partial charge in [-0.05, 0) is 103 Å². The van der Waals surface area contributed by atoms with Gasteiger partial charge >= 0.3 is 0 Å². The monoisotopic (exact) mass is 759 g/mol. The first-order valence-electron chi connectivity index (χ1n) is 20.5. The maximum absolute atomic E-state index is 7.64. The molecule has 0 spiro atoms. The minimum absolute atomic E-state index is 0.241. The van der Waals surface area contributed by atoms with Crippen molar-refractivity contribution in [3.05, 3.63) is 24.3 Å². The van der Waals surface area contributed by atoms with E-state index in [1.165, 1.54) is 25.7 Å². The lowest BCUT2D eigenvalue weighted by atomic mass is 9.92. The Labute approximate surface area is 327 Å². The van der Waals surface area contributed by atoms with Crippen LogP contribution in [0, 0.1) is 23.2 Å². The smallest absolute Gasteiger partial charge is 0.119 e. The molecule has 0 aromatic heterocycles. The number of nitrogens with one attached hydrogen (secondary N) is 3. The van der Waals surface area contributed by atoms with E-state index in [9.17, 15) is 0 Å². The van der Waals surface area contributed by atoms with Gasteiger partial charge in [0, 0.05) is 50.8 Å². The lowest BCUT2D eigenvalue weighted by Crippen LogP contribution is -2.54. The second-order valence-corrected chi connectivity index (χ2v) is 14.1. The first kappa shape index (κ1) is 47.4. The zero-order chi connectivity index (χ0) is 39.4. The number of rotatable bonds is 24. The molecule has 3 unspecified atom stereocenters. The van der Waals surface area contributed by atoms with Crippen LogP contribution in [0.1, 0.15) is 86.5 Å². The topological polar surface area (TPSA) is 125 Å². The number of amidine groups is 2. The molecule has 2 heterocycles. The molecule has 308 valence electrons. The molecule has 1 aliphatic carbocycles. The van der Waals surface area contributed by atoms with Crippen molar-refractivity contribution in [1.29, 1.82) is 10.8 Å². The van der Waals surface area contributed by atoms with E-state index in [0.717, 1.165) is 83.2 Å². The predicted molar refractivity (Wildman–Crippen MR) is 219 cm³/mol. The molecule has 54 heavy (non-hydrogen) atoms. The Bertz CT molecular complexity index is 1130. The summed E-state index contributed by atoms with van der Waals surface area (Å²) in [5, 5.41) is 18.7. The normalized spacial score (nSPS) is 19.1. The molecule has 0 radical (unpaired) electrons. The van der Waals surface area contributed by atoms with Gasteiger partial charge in [-0.3, -0.25) is 15.7 Å². The fraction of sp³-hybridized carbons (Fsp3) is 0.762. The highest BCUT2D eigenvalue weighted by Gasteiger charge is 2.28. The number of hydrogen-bond acceptors (Lipinski definition) is 11. The summed E-state index contributed by atoms with van der Waals surface area (Å²) in [4.78, 5) is 6.82. The lowest BCUT2D eigenvalue weighted by molar-refractivity contribution is -0.00259. The highest BCUT2D eigenvalue weighted by molar-refractivity contribution is 5.96. The third-order valence-electron chi connectivity index (χ3n) is 9.58. The number of piperazine rings is 1. The fourth-order valence-electron chi connectivity index (χ4n) is 6.54. The summed E-state index contributed by atoms with van der Waals surface area (Å²) in [6.45, 7) is 23.6. The molecule has 2 saturated heterocycles. The van der Waals surface area contributed by atoms with Crippen LogP contribution in [0.4, 0.5) is 0 Å². The molecule has 12 heteroatoms. The number of hydrogen-bond donors (Lipinski definition) is 3. The van der Waals surface area contributed by atoms with Crippen LogP contribution in [-0.2, 0) is 18.9 Å². The van der Waals surface area contributed by atoms with Crippen molar-refractivity contribution in [2.24, 2.45) is 0 Å². The molecule has 3 aliphatic rings. The minimum Gasteiger partial charge on any atom is -0.494 e. The summed E-state index contributed by atoms with van der Waals surface area (Å²) in [5.74, 6) is 5.22. The number of benzene rings is 1. The van der Waals surface area contributed by atoms with Gasteiger partial charge < -0.3 is 43.5 Å². The van der Waals surface area contributed by atoms with Gasteiger partial charge in [-0.1, -0.05) is 19.8 Å². The molecule has 2 aliphatic heterocycles. The summed E-state index contributed by atoms with van der Waals surface area (Å²) >= 11 is 0. The quantitative estimate of drug-likeness (QED) is 0.0506. The maximum atomic E-state index is 7.64. The standard InChI is InChI=1S/C29H46N2O6.C11H22N4.C2H6/c1-2-18-32-21-23-34-25-26-35-24-22-33-20-17-31-15-13-30(14-16-31)12-3-4-19-36-27-8-10-29(11-9-27)37-28-6-5-7-28;1-7-5-11(14-7)6-8(2)15(9(3)12)10(4)13;1-2/h1,8-11,28H,3-7,12-26H2;7-8,11-14H,5-6H2,1-4H3;1-2H3. The lowest BCUT2D eigenvalue weighted by Gasteiger charge is -2.39. The van der Waals surface area contributed by atoms with Crippen LogP contribution in [-0.4, -0.2) is 149 Å². The predicted octanol–water partition coefficient (Wildman–Crippen LogP) is 5.93. The minimum atomic E-state index is 0.241. The highest BCUT2D eigenvalue weighted by Crippen LogP contribution is 2.26. The molecule has 1 aromatic rings. The van der Waals surface area contributed by atoms with E-state index in [4.69, 9.17) is 45.7 Å². The van der Waals surface area contributed by atoms with Crippen LogP contribution in [0.15, 0.2) is 24.3 Å². The molecule has 3 fully saturated rings. The molecule has 4 rings (SSSR count). The zero-order valence-electron chi connectivity index (χ0n) is 34.5. The molecule has 1 saturated carbocycles. The van der Waals surface area contributed by atoms with Crippen molar-refractivity contribution < 1.29 is 28.4 Å². The SMILES string of the molecule is C#CCOCCOCCOCCOCCN1CCN(CCCCOc2ccc(OC3CCC3)cc2)CC1.CC.CC(=N)N(C(C)=N)C(C)CC1CC(C)N1. The van der Waals surface area contributed by atoms with Crippen LogP contribution in [0.25, 0.3) is 0 Å². The number of unbranched alkanes of at least 4 members (excludes halogenated alkanes) is 1. The molecule has 0 amide bonds. The zero-order valence-corrected chi connectivity index (χ0v) is 34.5. The third kappa shape index (κ3) is 20.8. The van der Waals surface area contributed by atoms with Crippen LogP contribution in [0.5, 0.6) is 11.5 Å². The van der Waals surface area contributed by atoms with Gasteiger partial charge in [-0.2, -0.15) is 0 Å². The van der Waals surface area contributed by atoms with E-state index >= 15 is 0 Å². The van der Waals surface area contributed by atoms with Gasteiger partial charge in [-0.25, -0.2) is 0 Å². The average molecular weight is 759 g/mol. The summed E-state index contributed by atoms with van der Waals surface area (Å²) in [6.07, 6.45) is 13.6. The van der Waals surface area contributed by atoms with Crippen molar-refractivity contribution in [2.75, 3.05) is 98.7 Å². The van der Waals surface area contributed by atoms with Crippen LogP contribution < -0.4 is 14.8 Å². The second-order valence-electron chi connectivity index (χ2n) is 14.1. The first-order chi connectivity index (χ1) is 26.2. The summed E-state index contributed by atoms with van der Waals surface area (Å²) in [5.41, 5.74) is 0. The van der Waals surface area contributed by atoms with Gasteiger partial charge in [0.25, 0.3) is 0 Å². The largest absolute Gasteiger partial charge is 0.494 e. The van der Waals surface area contributed by atoms with Crippen molar-refractivity contribution in [3.8, 4) is 23.8 Å². The van der Waals surface area contributed by atoms with Crippen molar-refractivity contribution in [3.63, 3.8) is 0 Å². The Hall–Kier alpha value is -2.76. The molecular weight excluding hydrogens is 684 g/mol.